The largest absolute Gasteiger partial charge is 0.469 e. The second-order valence-electron chi connectivity index (χ2n) is 4.03. The summed E-state index contributed by atoms with van der Waals surface area (Å²) < 4.78 is 4.73. The first kappa shape index (κ1) is 11.6. The van der Waals surface area contributed by atoms with Gasteiger partial charge >= 0.3 is 5.97 Å². The molecule has 0 aliphatic carbocycles. The summed E-state index contributed by atoms with van der Waals surface area (Å²) in [6, 6.07) is 12.3. The van der Waals surface area contributed by atoms with Crippen molar-refractivity contribution in [2.75, 3.05) is 7.11 Å². The Bertz CT molecular complexity index is 544. The smallest absolute Gasteiger partial charge is 0.309 e. The van der Waals surface area contributed by atoms with E-state index in [1.165, 1.54) is 23.4 Å². The molecule has 2 nitrogen and oxygen atoms in total. The minimum absolute atomic E-state index is 0.185. The topological polar surface area (TPSA) is 26.3 Å². The van der Waals surface area contributed by atoms with Gasteiger partial charge in [0.25, 0.3) is 0 Å². The normalized spacial score (nSPS) is 10.5. The summed E-state index contributed by atoms with van der Waals surface area (Å²) in [6.07, 6.45) is 1.28. The maximum absolute atomic E-state index is 11.4. The first-order valence-electron chi connectivity index (χ1n) is 5.82. The van der Waals surface area contributed by atoms with E-state index in [1.807, 2.05) is 18.2 Å². The number of fused-ring (bicyclic) bond motifs is 1. The number of carbonyl (C=O) groups is 1. The minimum atomic E-state index is -0.185. The Morgan fingerprint density at radius 1 is 1.18 bits per heavy atom. The Hall–Kier alpha value is -1.83. The first-order valence-corrected chi connectivity index (χ1v) is 5.82. The molecule has 0 saturated carbocycles. The van der Waals surface area contributed by atoms with Crippen LogP contribution in [0.2, 0.25) is 0 Å². The van der Waals surface area contributed by atoms with Crippen LogP contribution in [-0.4, -0.2) is 13.1 Å². The van der Waals surface area contributed by atoms with Crippen molar-refractivity contribution in [3.63, 3.8) is 0 Å². The third-order valence-electron chi connectivity index (χ3n) is 3.05. The molecule has 0 spiro atoms. The van der Waals surface area contributed by atoms with Crippen molar-refractivity contribution in [1.82, 2.24) is 0 Å². The van der Waals surface area contributed by atoms with E-state index < -0.39 is 0 Å². The molecule has 0 bridgehead atoms. The number of ether oxygens (including phenoxy) is 1. The fourth-order valence-electron chi connectivity index (χ4n) is 2.19. The Balaban J connectivity index is 2.53. The number of benzene rings is 2. The number of esters is 1. The van der Waals surface area contributed by atoms with Crippen LogP contribution in [0.3, 0.4) is 0 Å². The maximum Gasteiger partial charge on any atom is 0.309 e. The number of methoxy groups -OCH3 is 1. The second-order valence-corrected chi connectivity index (χ2v) is 4.03. The highest BCUT2D eigenvalue weighted by Crippen LogP contribution is 2.23. The van der Waals surface area contributed by atoms with Crippen LogP contribution in [0.1, 0.15) is 18.1 Å². The van der Waals surface area contributed by atoms with Crippen LogP contribution in [0.5, 0.6) is 0 Å². The van der Waals surface area contributed by atoms with E-state index in [4.69, 9.17) is 4.74 Å². The molecule has 0 aliphatic heterocycles. The zero-order valence-electron chi connectivity index (χ0n) is 10.2. The summed E-state index contributed by atoms with van der Waals surface area (Å²) in [4.78, 5) is 11.4. The lowest BCUT2D eigenvalue weighted by molar-refractivity contribution is -0.139. The molecule has 2 aromatic carbocycles. The zero-order chi connectivity index (χ0) is 12.3. The quantitative estimate of drug-likeness (QED) is 0.754. The summed E-state index contributed by atoms with van der Waals surface area (Å²) in [7, 11) is 1.43. The Labute approximate surface area is 101 Å². The van der Waals surface area contributed by atoms with Crippen LogP contribution in [0, 0.1) is 0 Å². The van der Waals surface area contributed by atoms with Gasteiger partial charge in [-0.25, -0.2) is 0 Å². The first-order chi connectivity index (χ1) is 8.26. The number of hydrogen-bond donors (Lipinski definition) is 0. The van der Waals surface area contributed by atoms with Gasteiger partial charge in [-0.3, -0.25) is 4.79 Å². The molecule has 0 saturated heterocycles. The van der Waals surface area contributed by atoms with Gasteiger partial charge in [-0.2, -0.15) is 0 Å². The molecule has 88 valence electrons. The Morgan fingerprint density at radius 3 is 2.65 bits per heavy atom. The van der Waals surface area contributed by atoms with Crippen molar-refractivity contribution in [3.05, 3.63) is 47.5 Å². The van der Waals surface area contributed by atoms with Crippen LogP contribution in [0.15, 0.2) is 36.4 Å². The number of hydrogen-bond acceptors (Lipinski definition) is 2. The lowest BCUT2D eigenvalue weighted by Crippen LogP contribution is -2.06. The third kappa shape index (κ3) is 2.31. The van der Waals surface area contributed by atoms with Gasteiger partial charge in [-0.15, -0.1) is 0 Å². The molecule has 2 rings (SSSR count). The molecule has 0 aromatic heterocycles. The Kier molecular flexibility index (Phi) is 3.43. The zero-order valence-corrected chi connectivity index (χ0v) is 10.2. The van der Waals surface area contributed by atoms with Crippen LogP contribution >= 0.6 is 0 Å². The van der Waals surface area contributed by atoms with Crippen molar-refractivity contribution in [2.24, 2.45) is 0 Å². The van der Waals surface area contributed by atoms with Crippen LogP contribution in [-0.2, 0) is 22.4 Å². The van der Waals surface area contributed by atoms with E-state index in [9.17, 15) is 4.79 Å². The molecular formula is C15H16O2. The standard InChI is InChI=1S/C15H16O2/c1-3-13-12(10-15(16)17-2)9-8-11-6-4-5-7-14(11)13/h4-9H,3,10H2,1-2H3. The molecule has 0 radical (unpaired) electrons. The third-order valence-corrected chi connectivity index (χ3v) is 3.05. The minimum Gasteiger partial charge on any atom is -0.469 e. The SMILES string of the molecule is CCc1c(CC(=O)OC)ccc2ccccc12. The monoisotopic (exact) mass is 228 g/mol. The highest BCUT2D eigenvalue weighted by Gasteiger charge is 2.09. The van der Waals surface area contributed by atoms with Crippen molar-refractivity contribution in [1.29, 1.82) is 0 Å². The highest BCUT2D eigenvalue weighted by molar-refractivity contribution is 5.88. The van der Waals surface area contributed by atoms with Gasteiger partial charge in [0.05, 0.1) is 13.5 Å². The molecule has 2 heteroatoms. The molecule has 17 heavy (non-hydrogen) atoms. The van der Waals surface area contributed by atoms with Crippen LogP contribution in [0.25, 0.3) is 10.8 Å². The fourth-order valence-corrected chi connectivity index (χ4v) is 2.19. The molecule has 0 heterocycles. The highest BCUT2D eigenvalue weighted by atomic mass is 16.5. The van der Waals surface area contributed by atoms with Gasteiger partial charge in [-0.05, 0) is 28.3 Å². The molecule has 0 aliphatic rings. The lowest BCUT2D eigenvalue weighted by atomic mass is 9.95. The summed E-state index contributed by atoms with van der Waals surface area (Å²) in [5, 5.41) is 2.45. The molecule has 0 atom stereocenters. The summed E-state index contributed by atoms with van der Waals surface area (Å²) in [5.41, 5.74) is 2.31. The fraction of sp³-hybridized carbons (Fsp3) is 0.267. The molecule has 0 amide bonds. The van der Waals surface area contributed by atoms with Crippen molar-refractivity contribution in [3.8, 4) is 0 Å². The van der Waals surface area contributed by atoms with Crippen molar-refractivity contribution < 1.29 is 9.53 Å². The van der Waals surface area contributed by atoms with E-state index in [0.29, 0.717) is 6.42 Å². The maximum atomic E-state index is 11.4. The van der Waals surface area contributed by atoms with Crippen LogP contribution < -0.4 is 0 Å². The average Bonchev–Trinajstić information content (AvgIpc) is 2.38. The van der Waals surface area contributed by atoms with Gasteiger partial charge < -0.3 is 4.74 Å². The van der Waals surface area contributed by atoms with Gasteiger partial charge in [0, 0.05) is 0 Å². The lowest BCUT2D eigenvalue weighted by Gasteiger charge is -2.10. The van der Waals surface area contributed by atoms with E-state index in [0.717, 1.165) is 12.0 Å². The second kappa shape index (κ2) is 5.00. The predicted molar refractivity (Wildman–Crippen MR) is 69.0 cm³/mol. The number of carbonyl (C=O) groups excluding carboxylic acids is 1. The van der Waals surface area contributed by atoms with E-state index in [2.05, 4.69) is 25.1 Å². The van der Waals surface area contributed by atoms with E-state index >= 15 is 0 Å². The predicted octanol–water partition coefficient (Wildman–Crippen LogP) is 3.12. The Morgan fingerprint density at radius 2 is 1.94 bits per heavy atom. The van der Waals surface area contributed by atoms with Crippen molar-refractivity contribution in [2.45, 2.75) is 19.8 Å². The van der Waals surface area contributed by atoms with Gasteiger partial charge in [0.2, 0.25) is 0 Å². The van der Waals surface area contributed by atoms with E-state index in [1.54, 1.807) is 0 Å². The molecule has 0 unspecified atom stereocenters. The number of aryl methyl sites for hydroxylation is 1. The summed E-state index contributed by atoms with van der Waals surface area (Å²) >= 11 is 0. The molecule has 0 fully saturated rings. The van der Waals surface area contributed by atoms with Crippen molar-refractivity contribution >= 4 is 16.7 Å². The van der Waals surface area contributed by atoms with Gasteiger partial charge in [0.1, 0.15) is 0 Å². The molecule has 0 N–H and O–H groups in total. The summed E-state index contributed by atoms with van der Waals surface area (Å²) in [6.45, 7) is 2.11. The van der Waals surface area contributed by atoms with Gasteiger partial charge in [0.15, 0.2) is 0 Å². The van der Waals surface area contributed by atoms with E-state index in [-0.39, 0.29) is 5.97 Å². The molecular weight excluding hydrogens is 212 g/mol. The van der Waals surface area contributed by atoms with Gasteiger partial charge in [-0.1, -0.05) is 43.3 Å². The van der Waals surface area contributed by atoms with Crippen LogP contribution in [0.4, 0.5) is 0 Å². The summed E-state index contributed by atoms with van der Waals surface area (Å²) in [5.74, 6) is -0.185. The average molecular weight is 228 g/mol. The number of rotatable bonds is 3. The molecule has 2 aromatic rings.